The van der Waals surface area contributed by atoms with E-state index in [9.17, 15) is 16.8 Å². The Bertz CT molecular complexity index is 627. The van der Waals surface area contributed by atoms with Crippen molar-refractivity contribution in [1.82, 2.24) is 19.4 Å². The van der Waals surface area contributed by atoms with Gasteiger partial charge in [-0.05, 0) is 0 Å². The molecule has 0 amide bonds. The van der Waals surface area contributed by atoms with Crippen molar-refractivity contribution in [2.45, 2.75) is 11.8 Å². The van der Waals surface area contributed by atoms with E-state index < -0.39 is 20.0 Å². The minimum Gasteiger partial charge on any atom is -0.357 e. The first kappa shape index (κ1) is 16.8. The molecule has 9 nitrogen and oxygen atoms in total. The highest BCUT2D eigenvalue weighted by Crippen LogP contribution is 2.06. The lowest BCUT2D eigenvalue weighted by Gasteiger charge is -2.07. The van der Waals surface area contributed by atoms with Crippen LogP contribution >= 0.6 is 0 Å². The molecule has 0 aliphatic carbocycles. The lowest BCUT2D eigenvalue weighted by molar-refractivity contribution is 0.576. The highest BCUT2D eigenvalue weighted by molar-refractivity contribution is 7.90. The molecule has 0 radical (unpaired) electrons. The van der Waals surface area contributed by atoms with Crippen molar-refractivity contribution in [1.29, 1.82) is 0 Å². The maximum absolute atomic E-state index is 11.8. The van der Waals surface area contributed by atoms with Crippen LogP contribution in [0.15, 0.2) is 17.3 Å². The van der Waals surface area contributed by atoms with Gasteiger partial charge < -0.3 is 5.32 Å². The topological polar surface area (TPSA) is 130 Å². The smallest absolute Gasteiger partial charge is 0.243 e. The Balaban J connectivity index is 2.66. The van der Waals surface area contributed by atoms with E-state index in [0.717, 1.165) is 12.4 Å². The summed E-state index contributed by atoms with van der Waals surface area (Å²) >= 11 is 0. The lowest BCUT2D eigenvalue weighted by atomic mass is 10.7. The quantitative estimate of drug-likeness (QED) is 0.544. The van der Waals surface area contributed by atoms with E-state index in [2.05, 4.69) is 24.7 Å². The zero-order chi connectivity index (χ0) is 15.2. The lowest BCUT2D eigenvalue weighted by Crippen LogP contribution is -2.34. The molecule has 20 heavy (non-hydrogen) atoms. The average Bonchev–Trinajstić information content (AvgIpc) is 2.38. The number of anilines is 1. The van der Waals surface area contributed by atoms with Gasteiger partial charge in [0.05, 0.1) is 18.1 Å². The van der Waals surface area contributed by atoms with Crippen LogP contribution in [-0.4, -0.2) is 52.7 Å². The SMILES string of the molecule is CCNS(=O)(=O)CCNS(=O)(=O)c1cnc(NC)nc1. The minimum atomic E-state index is -3.82. The molecule has 11 heteroatoms. The van der Waals surface area contributed by atoms with Crippen molar-refractivity contribution >= 4 is 26.0 Å². The van der Waals surface area contributed by atoms with E-state index in [4.69, 9.17) is 0 Å². The number of nitrogens with zero attached hydrogens (tertiary/aromatic N) is 2. The molecular formula is C9H17N5O4S2. The van der Waals surface area contributed by atoms with Crippen LogP contribution in [0.2, 0.25) is 0 Å². The second-order valence-corrected chi connectivity index (χ2v) is 7.40. The maximum Gasteiger partial charge on any atom is 0.243 e. The van der Waals surface area contributed by atoms with E-state index in [0.29, 0.717) is 5.95 Å². The molecule has 1 aromatic heterocycles. The van der Waals surface area contributed by atoms with Gasteiger partial charge in [0.25, 0.3) is 0 Å². The predicted molar refractivity (Wildman–Crippen MR) is 74.2 cm³/mol. The Morgan fingerprint density at radius 3 is 2.20 bits per heavy atom. The summed E-state index contributed by atoms with van der Waals surface area (Å²) < 4.78 is 50.9. The van der Waals surface area contributed by atoms with Crippen molar-refractivity contribution < 1.29 is 16.8 Å². The molecular weight excluding hydrogens is 306 g/mol. The van der Waals surface area contributed by atoms with E-state index in [1.54, 1.807) is 14.0 Å². The zero-order valence-electron chi connectivity index (χ0n) is 11.1. The normalized spacial score (nSPS) is 12.3. The fraction of sp³-hybridized carbons (Fsp3) is 0.556. The van der Waals surface area contributed by atoms with Crippen LogP contribution in [0.3, 0.4) is 0 Å². The van der Waals surface area contributed by atoms with E-state index in [-0.39, 0.29) is 23.7 Å². The monoisotopic (exact) mass is 323 g/mol. The summed E-state index contributed by atoms with van der Waals surface area (Å²) in [5, 5.41) is 2.66. The van der Waals surface area contributed by atoms with Gasteiger partial charge in [-0.1, -0.05) is 6.92 Å². The molecule has 0 aliphatic heterocycles. The molecule has 0 saturated heterocycles. The Kier molecular flexibility index (Phi) is 5.80. The Labute approximate surface area is 118 Å². The average molecular weight is 323 g/mol. The Morgan fingerprint density at radius 1 is 1.10 bits per heavy atom. The molecule has 0 saturated carbocycles. The largest absolute Gasteiger partial charge is 0.357 e. The van der Waals surface area contributed by atoms with Crippen molar-refractivity contribution in [2.24, 2.45) is 0 Å². The molecule has 1 heterocycles. The van der Waals surface area contributed by atoms with Gasteiger partial charge in [-0.3, -0.25) is 0 Å². The fourth-order valence-corrected chi connectivity index (χ4v) is 3.27. The third-order valence-electron chi connectivity index (χ3n) is 2.19. The van der Waals surface area contributed by atoms with Crippen LogP contribution < -0.4 is 14.8 Å². The van der Waals surface area contributed by atoms with Crippen molar-refractivity contribution in [3.05, 3.63) is 12.4 Å². The zero-order valence-corrected chi connectivity index (χ0v) is 12.8. The van der Waals surface area contributed by atoms with Crippen molar-refractivity contribution in [3.63, 3.8) is 0 Å². The van der Waals surface area contributed by atoms with Crippen molar-refractivity contribution in [2.75, 3.05) is 31.2 Å². The molecule has 114 valence electrons. The van der Waals surface area contributed by atoms with Gasteiger partial charge in [-0.15, -0.1) is 0 Å². The van der Waals surface area contributed by atoms with Crippen LogP contribution in [0.5, 0.6) is 0 Å². The Hall–Kier alpha value is -1.30. The van der Waals surface area contributed by atoms with Crippen LogP contribution in [0.4, 0.5) is 5.95 Å². The molecule has 0 aliphatic rings. The van der Waals surface area contributed by atoms with Gasteiger partial charge in [-0.25, -0.2) is 36.2 Å². The standard InChI is InChI=1S/C9H17N5O4S2/c1-3-13-19(15,16)5-4-14-20(17,18)8-6-11-9(10-2)12-7-8/h6-7,13-14H,3-5H2,1-2H3,(H,10,11,12). The molecule has 0 atom stereocenters. The second kappa shape index (κ2) is 6.92. The molecule has 3 N–H and O–H groups in total. The summed E-state index contributed by atoms with van der Waals surface area (Å²) in [6.07, 6.45) is 2.28. The first-order valence-electron chi connectivity index (χ1n) is 5.77. The molecule has 1 rings (SSSR count). The van der Waals surface area contributed by atoms with Gasteiger partial charge >= 0.3 is 0 Å². The van der Waals surface area contributed by atoms with Crippen LogP contribution in [-0.2, 0) is 20.0 Å². The van der Waals surface area contributed by atoms with Crippen LogP contribution in [0.25, 0.3) is 0 Å². The molecule has 0 unspecified atom stereocenters. The summed E-state index contributed by atoms with van der Waals surface area (Å²) in [6, 6.07) is 0. The van der Waals surface area contributed by atoms with Crippen molar-refractivity contribution in [3.8, 4) is 0 Å². The summed E-state index contributed by atoms with van der Waals surface area (Å²) in [5.41, 5.74) is 0. The number of aromatic nitrogens is 2. The number of sulfonamides is 2. The third kappa shape index (κ3) is 5.00. The molecule has 0 fully saturated rings. The number of rotatable bonds is 8. The second-order valence-electron chi connectivity index (χ2n) is 3.71. The molecule has 0 aromatic carbocycles. The summed E-state index contributed by atoms with van der Waals surface area (Å²) in [5.74, 6) is -0.0473. The van der Waals surface area contributed by atoms with E-state index in [1.165, 1.54) is 0 Å². The summed E-state index contributed by atoms with van der Waals surface area (Å²) in [7, 11) is -5.68. The van der Waals surface area contributed by atoms with Crippen LogP contribution in [0, 0.1) is 0 Å². The summed E-state index contributed by atoms with van der Waals surface area (Å²) in [4.78, 5) is 7.43. The number of nitrogens with one attached hydrogen (secondary N) is 3. The molecule has 0 bridgehead atoms. The predicted octanol–water partition coefficient (Wildman–Crippen LogP) is -1.26. The first-order chi connectivity index (χ1) is 9.30. The Morgan fingerprint density at radius 2 is 1.70 bits per heavy atom. The maximum atomic E-state index is 11.8. The van der Waals surface area contributed by atoms with E-state index in [1.807, 2.05) is 0 Å². The molecule has 1 aromatic rings. The van der Waals surface area contributed by atoms with Gasteiger partial charge in [0.15, 0.2) is 0 Å². The fourth-order valence-electron chi connectivity index (χ4n) is 1.27. The van der Waals surface area contributed by atoms with Gasteiger partial charge in [0.1, 0.15) is 4.90 Å². The first-order valence-corrected chi connectivity index (χ1v) is 8.91. The van der Waals surface area contributed by atoms with Crippen LogP contribution in [0.1, 0.15) is 6.92 Å². The highest BCUT2D eigenvalue weighted by Gasteiger charge is 2.16. The number of hydrogen-bond donors (Lipinski definition) is 3. The minimum absolute atomic E-state index is 0.127. The third-order valence-corrected chi connectivity index (χ3v) is 5.07. The van der Waals surface area contributed by atoms with E-state index >= 15 is 0 Å². The number of hydrogen-bond acceptors (Lipinski definition) is 7. The van der Waals surface area contributed by atoms with Gasteiger partial charge in [-0.2, -0.15) is 0 Å². The van der Waals surface area contributed by atoms with Gasteiger partial charge in [0, 0.05) is 20.1 Å². The van der Waals surface area contributed by atoms with Gasteiger partial charge in [0.2, 0.25) is 26.0 Å². The summed E-state index contributed by atoms with van der Waals surface area (Å²) in [6.45, 7) is 1.67. The highest BCUT2D eigenvalue weighted by atomic mass is 32.2. The molecule has 0 spiro atoms.